The highest BCUT2D eigenvalue weighted by Crippen LogP contribution is 2.22. The molecule has 0 saturated carbocycles. The number of rotatable bonds is 4. The topological polar surface area (TPSA) is 38.1 Å². The third-order valence-corrected chi connectivity index (χ3v) is 3.75. The third kappa shape index (κ3) is 2.86. The normalized spacial score (nSPS) is 11.0. The molecule has 0 aromatic carbocycles. The van der Waals surface area contributed by atoms with Crippen molar-refractivity contribution in [1.82, 2.24) is 5.16 Å². The van der Waals surface area contributed by atoms with Gasteiger partial charge in [0.2, 0.25) is 0 Å². The summed E-state index contributed by atoms with van der Waals surface area (Å²) >= 11 is 5.12. The Kier molecular flexibility index (Phi) is 3.66. The number of hydrogen-bond acceptors (Lipinski definition) is 4. The molecule has 0 amide bonds. The Bertz CT molecular complexity index is 464. The number of nitrogens with zero attached hydrogens (tertiary/aromatic N) is 1. The molecule has 2 rings (SSSR count). The first kappa shape index (κ1) is 11.7. The first-order valence-corrected chi connectivity index (χ1v) is 6.76. The minimum absolute atomic E-state index is 0.373. The Morgan fingerprint density at radius 1 is 1.50 bits per heavy atom. The molecule has 2 aromatic rings. The summed E-state index contributed by atoms with van der Waals surface area (Å²) in [6.07, 6.45) is 0. The molecule has 2 aromatic heterocycles. The Morgan fingerprint density at radius 3 is 2.88 bits per heavy atom. The molecule has 86 valence electrons. The molecule has 0 unspecified atom stereocenters. The van der Waals surface area contributed by atoms with Gasteiger partial charge >= 0.3 is 0 Å². The molecule has 0 aliphatic heterocycles. The van der Waals surface area contributed by atoms with Gasteiger partial charge in [-0.25, -0.2) is 0 Å². The standard InChI is InChI=1S/C11H13BrN2OS/c1-7(2)9-4-11(14-15-9)13-5-8-3-10(12)16-6-8/h3-4,6-7H,5H2,1-2H3,(H,13,14). The van der Waals surface area contributed by atoms with Crippen molar-refractivity contribution in [2.24, 2.45) is 0 Å². The van der Waals surface area contributed by atoms with Crippen LogP contribution in [0, 0.1) is 0 Å². The highest BCUT2D eigenvalue weighted by atomic mass is 79.9. The molecule has 16 heavy (non-hydrogen) atoms. The number of anilines is 1. The van der Waals surface area contributed by atoms with Gasteiger partial charge in [-0.3, -0.25) is 0 Å². The lowest BCUT2D eigenvalue weighted by molar-refractivity contribution is 0.373. The van der Waals surface area contributed by atoms with Crippen LogP contribution in [0.15, 0.2) is 25.8 Å². The van der Waals surface area contributed by atoms with Gasteiger partial charge in [0.25, 0.3) is 0 Å². The summed E-state index contributed by atoms with van der Waals surface area (Å²) in [7, 11) is 0. The van der Waals surface area contributed by atoms with E-state index in [9.17, 15) is 0 Å². The van der Waals surface area contributed by atoms with E-state index in [0.29, 0.717) is 5.92 Å². The van der Waals surface area contributed by atoms with Gasteiger partial charge in [0.15, 0.2) is 5.82 Å². The fourth-order valence-electron chi connectivity index (χ4n) is 1.28. The molecule has 5 heteroatoms. The van der Waals surface area contributed by atoms with Crippen LogP contribution in [0.2, 0.25) is 0 Å². The number of thiophene rings is 1. The lowest BCUT2D eigenvalue weighted by atomic mass is 10.2. The fraction of sp³-hybridized carbons (Fsp3) is 0.364. The minimum Gasteiger partial charge on any atom is -0.363 e. The summed E-state index contributed by atoms with van der Waals surface area (Å²) in [6, 6.07) is 4.05. The van der Waals surface area contributed by atoms with E-state index in [4.69, 9.17) is 4.52 Å². The molecule has 3 nitrogen and oxygen atoms in total. The Labute approximate surface area is 107 Å². The molecule has 0 fully saturated rings. The average molecular weight is 301 g/mol. The second-order valence-electron chi connectivity index (χ2n) is 3.88. The lowest BCUT2D eigenvalue weighted by Gasteiger charge is -1.98. The highest BCUT2D eigenvalue weighted by Gasteiger charge is 2.07. The third-order valence-electron chi connectivity index (χ3n) is 2.19. The van der Waals surface area contributed by atoms with Crippen LogP contribution in [-0.2, 0) is 6.54 Å². The SMILES string of the molecule is CC(C)c1cc(NCc2csc(Br)c2)no1. The molecular formula is C11H13BrN2OS. The highest BCUT2D eigenvalue weighted by molar-refractivity contribution is 9.11. The second-order valence-corrected chi connectivity index (χ2v) is 6.17. The van der Waals surface area contributed by atoms with E-state index in [0.717, 1.165) is 21.9 Å². The molecule has 0 aliphatic rings. The number of halogens is 1. The van der Waals surface area contributed by atoms with Gasteiger partial charge in [-0.1, -0.05) is 19.0 Å². The van der Waals surface area contributed by atoms with Crippen molar-refractivity contribution < 1.29 is 4.52 Å². The summed E-state index contributed by atoms with van der Waals surface area (Å²) in [6.45, 7) is 4.94. The van der Waals surface area contributed by atoms with Gasteiger partial charge in [0.1, 0.15) is 5.76 Å². The van der Waals surface area contributed by atoms with Crippen LogP contribution in [0.5, 0.6) is 0 Å². The van der Waals surface area contributed by atoms with Crippen LogP contribution >= 0.6 is 27.3 Å². The monoisotopic (exact) mass is 300 g/mol. The maximum atomic E-state index is 5.20. The summed E-state index contributed by atoms with van der Waals surface area (Å²) in [5.74, 6) is 2.08. The molecule has 2 heterocycles. The summed E-state index contributed by atoms with van der Waals surface area (Å²) in [5, 5.41) is 9.31. The van der Waals surface area contributed by atoms with Gasteiger partial charge in [-0.15, -0.1) is 11.3 Å². The maximum absolute atomic E-state index is 5.20. The Balaban J connectivity index is 1.94. The van der Waals surface area contributed by atoms with Gasteiger partial charge < -0.3 is 9.84 Å². The van der Waals surface area contributed by atoms with Crippen LogP contribution < -0.4 is 5.32 Å². The minimum atomic E-state index is 0.373. The van der Waals surface area contributed by atoms with E-state index >= 15 is 0 Å². The van der Waals surface area contributed by atoms with Crippen LogP contribution in [0.25, 0.3) is 0 Å². The molecule has 0 bridgehead atoms. The molecule has 0 saturated heterocycles. The largest absolute Gasteiger partial charge is 0.363 e. The molecule has 0 radical (unpaired) electrons. The summed E-state index contributed by atoms with van der Waals surface area (Å²) < 4.78 is 6.35. The van der Waals surface area contributed by atoms with E-state index in [1.807, 2.05) is 6.07 Å². The predicted octanol–water partition coefficient (Wildman–Crippen LogP) is 4.23. The van der Waals surface area contributed by atoms with Crippen molar-refractivity contribution in [2.75, 3.05) is 5.32 Å². The predicted molar refractivity (Wildman–Crippen MR) is 69.9 cm³/mol. The Morgan fingerprint density at radius 2 is 2.31 bits per heavy atom. The van der Waals surface area contributed by atoms with Crippen molar-refractivity contribution >= 4 is 33.1 Å². The number of aromatic nitrogens is 1. The van der Waals surface area contributed by atoms with Crippen LogP contribution in [-0.4, -0.2) is 5.16 Å². The van der Waals surface area contributed by atoms with Gasteiger partial charge in [-0.05, 0) is 32.9 Å². The van der Waals surface area contributed by atoms with Gasteiger partial charge in [0.05, 0.1) is 3.79 Å². The molecule has 1 N–H and O–H groups in total. The Hall–Kier alpha value is -0.810. The van der Waals surface area contributed by atoms with Gasteiger partial charge in [-0.2, -0.15) is 0 Å². The first-order valence-electron chi connectivity index (χ1n) is 5.08. The summed E-state index contributed by atoms with van der Waals surface area (Å²) in [5.41, 5.74) is 1.24. The van der Waals surface area contributed by atoms with Crippen molar-refractivity contribution in [3.05, 3.63) is 32.6 Å². The van der Waals surface area contributed by atoms with Crippen molar-refractivity contribution in [3.63, 3.8) is 0 Å². The van der Waals surface area contributed by atoms with Crippen LogP contribution in [0.1, 0.15) is 31.1 Å². The summed E-state index contributed by atoms with van der Waals surface area (Å²) in [4.78, 5) is 0. The van der Waals surface area contributed by atoms with E-state index < -0.39 is 0 Å². The lowest BCUT2D eigenvalue weighted by Crippen LogP contribution is -1.97. The van der Waals surface area contributed by atoms with Gasteiger partial charge in [0, 0.05) is 18.5 Å². The zero-order chi connectivity index (χ0) is 11.5. The van der Waals surface area contributed by atoms with E-state index in [-0.39, 0.29) is 0 Å². The van der Waals surface area contributed by atoms with Crippen molar-refractivity contribution in [2.45, 2.75) is 26.3 Å². The zero-order valence-corrected chi connectivity index (χ0v) is 11.6. The van der Waals surface area contributed by atoms with Crippen molar-refractivity contribution in [3.8, 4) is 0 Å². The molecule has 0 spiro atoms. The number of nitrogens with one attached hydrogen (secondary N) is 1. The van der Waals surface area contributed by atoms with Crippen LogP contribution in [0.3, 0.4) is 0 Å². The average Bonchev–Trinajstić information content (AvgIpc) is 2.83. The molecule has 0 atom stereocenters. The van der Waals surface area contributed by atoms with E-state index in [1.54, 1.807) is 11.3 Å². The zero-order valence-electron chi connectivity index (χ0n) is 9.16. The molecular weight excluding hydrogens is 288 g/mol. The quantitative estimate of drug-likeness (QED) is 0.918. The van der Waals surface area contributed by atoms with Crippen LogP contribution in [0.4, 0.5) is 5.82 Å². The first-order chi connectivity index (χ1) is 7.65. The van der Waals surface area contributed by atoms with Crippen molar-refractivity contribution in [1.29, 1.82) is 0 Å². The van der Waals surface area contributed by atoms with E-state index in [1.165, 1.54) is 5.56 Å². The molecule has 0 aliphatic carbocycles. The fourth-order valence-corrected chi connectivity index (χ4v) is 2.48. The smallest absolute Gasteiger partial charge is 0.169 e. The van der Waals surface area contributed by atoms with E-state index in [2.05, 4.69) is 51.7 Å². The maximum Gasteiger partial charge on any atom is 0.169 e. The number of hydrogen-bond donors (Lipinski definition) is 1. The second kappa shape index (κ2) is 5.01.